The molecule has 0 saturated heterocycles. The van der Waals surface area contributed by atoms with E-state index in [0.717, 1.165) is 5.56 Å². The summed E-state index contributed by atoms with van der Waals surface area (Å²) in [7, 11) is -0.820. The first-order valence-electron chi connectivity index (χ1n) is 5.87. The number of nitrogens with two attached hydrogens (primary N) is 1. The fourth-order valence-corrected chi connectivity index (χ4v) is 2.13. The van der Waals surface area contributed by atoms with Crippen LogP contribution in [0.2, 0.25) is 0 Å². The van der Waals surface area contributed by atoms with Gasteiger partial charge in [-0.25, -0.2) is 0 Å². The third-order valence-electron chi connectivity index (χ3n) is 2.74. The topological polar surface area (TPSA) is 72.2 Å². The maximum Gasteiger partial charge on any atom is 0.244 e. The third-order valence-corrected chi connectivity index (χ3v) is 3.60. The van der Waals surface area contributed by atoms with Crippen LogP contribution in [0.15, 0.2) is 30.3 Å². The van der Waals surface area contributed by atoms with Crippen molar-refractivity contribution in [2.45, 2.75) is 18.9 Å². The van der Waals surface area contributed by atoms with Gasteiger partial charge in [0.15, 0.2) is 0 Å². The molecule has 3 N–H and O–H groups in total. The minimum Gasteiger partial charge on any atom is -0.354 e. The van der Waals surface area contributed by atoms with Crippen molar-refractivity contribution in [1.29, 1.82) is 0 Å². The SMILES string of the molecule is CS(=O)CCCNC(=O)C(C)(N)c1ccccc1. The Morgan fingerprint density at radius 2 is 2.00 bits per heavy atom. The fourth-order valence-electron chi connectivity index (χ4n) is 1.58. The van der Waals surface area contributed by atoms with Gasteiger partial charge in [-0.15, -0.1) is 0 Å². The average Bonchev–Trinajstić information content (AvgIpc) is 2.35. The standard InChI is InChI=1S/C13H20N2O2S/c1-13(14,11-7-4-3-5-8-11)12(16)15-9-6-10-18(2)17/h3-5,7-8H,6,9-10,14H2,1-2H3,(H,15,16). The van der Waals surface area contributed by atoms with Crippen LogP contribution < -0.4 is 11.1 Å². The van der Waals surface area contributed by atoms with Crippen LogP contribution in [0, 0.1) is 0 Å². The highest BCUT2D eigenvalue weighted by Crippen LogP contribution is 2.17. The first-order chi connectivity index (χ1) is 8.44. The normalized spacial score (nSPS) is 15.7. The van der Waals surface area contributed by atoms with Crippen molar-refractivity contribution >= 4 is 16.7 Å². The van der Waals surface area contributed by atoms with E-state index in [1.54, 1.807) is 13.2 Å². The first kappa shape index (κ1) is 14.9. The molecule has 0 fully saturated rings. The van der Waals surface area contributed by atoms with Crippen molar-refractivity contribution in [2.24, 2.45) is 5.73 Å². The lowest BCUT2D eigenvalue weighted by molar-refractivity contribution is -0.126. The molecule has 1 aromatic rings. The van der Waals surface area contributed by atoms with Crippen molar-refractivity contribution < 1.29 is 9.00 Å². The summed E-state index contributed by atoms with van der Waals surface area (Å²) in [5.41, 5.74) is 5.80. The van der Waals surface area contributed by atoms with Crippen molar-refractivity contribution in [3.63, 3.8) is 0 Å². The predicted octanol–water partition coefficient (Wildman–Crippen LogP) is 0.745. The van der Waals surface area contributed by atoms with Crippen LogP contribution in [0.25, 0.3) is 0 Å². The van der Waals surface area contributed by atoms with Gasteiger partial charge >= 0.3 is 0 Å². The molecule has 5 heteroatoms. The van der Waals surface area contributed by atoms with Crippen LogP contribution in [0.1, 0.15) is 18.9 Å². The van der Waals surface area contributed by atoms with E-state index in [0.29, 0.717) is 18.7 Å². The Bertz CT molecular complexity index is 418. The van der Waals surface area contributed by atoms with Gasteiger partial charge in [0, 0.05) is 29.4 Å². The molecule has 100 valence electrons. The van der Waals surface area contributed by atoms with Gasteiger partial charge in [0.2, 0.25) is 5.91 Å². The molecular weight excluding hydrogens is 248 g/mol. The number of hydrogen-bond acceptors (Lipinski definition) is 3. The van der Waals surface area contributed by atoms with Crippen LogP contribution >= 0.6 is 0 Å². The number of nitrogens with one attached hydrogen (secondary N) is 1. The van der Waals surface area contributed by atoms with Crippen molar-refractivity contribution in [3.05, 3.63) is 35.9 Å². The molecule has 0 aliphatic carbocycles. The maximum absolute atomic E-state index is 12.0. The molecule has 2 unspecified atom stereocenters. The highest BCUT2D eigenvalue weighted by atomic mass is 32.2. The van der Waals surface area contributed by atoms with E-state index in [2.05, 4.69) is 5.32 Å². The largest absolute Gasteiger partial charge is 0.354 e. The average molecular weight is 268 g/mol. The minimum absolute atomic E-state index is 0.212. The van der Waals surface area contributed by atoms with Gasteiger partial charge in [-0.3, -0.25) is 9.00 Å². The Morgan fingerprint density at radius 1 is 1.39 bits per heavy atom. The molecule has 4 nitrogen and oxygen atoms in total. The molecule has 0 heterocycles. The Hall–Kier alpha value is -1.20. The highest BCUT2D eigenvalue weighted by Gasteiger charge is 2.29. The number of carbonyl (C=O) groups excluding carboxylic acids is 1. The summed E-state index contributed by atoms with van der Waals surface area (Å²) in [5.74, 6) is 0.378. The van der Waals surface area contributed by atoms with Crippen LogP contribution in [-0.4, -0.2) is 28.7 Å². The zero-order valence-corrected chi connectivity index (χ0v) is 11.6. The van der Waals surface area contributed by atoms with E-state index in [4.69, 9.17) is 5.73 Å². The molecule has 18 heavy (non-hydrogen) atoms. The molecule has 0 spiro atoms. The zero-order valence-electron chi connectivity index (χ0n) is 10.8. The molecule has 0 aliphatic rings. The van der Waals surface area contributed by atoms with E-state index >= 15 is 0 Å². The summed E-state index contributed by atoms with van der Waals surface area (Å²) in [4.78, 5) is 12.0. The Labute approximate surface area is 110 Å². The third kappa shape index (κ3) is 4.23. The Kier molecular flexibility index (Phi) is 5.50. The number of hydrogen-bond donors (Lipinski definition) is 2. The summed E-state index contributed by atoms with van der Waals surface area (Å²) < 4.78 is 10.9. The lowest BCUT2D eigenvalue weighted by Gasteiger charge is -2.24. The van der Waals surface area contributed by atoms with E-state index < -0.39 is 16.3 Å². The first-order valence-corrected chi connectivity index (χ1v) is 7.60. The smallest absolute Gasteiger partial charge is 0.244 e. The van der Waals surface area contributed by atoms with Crippen molar-refractivity contribution in [1.82, 2.24) is 5.32 Å². The molecular formula is C13H20N2O2S. The number of carbonyl (C=O) groups is 1. The fraction of sp³-hybridized carbons (Fsp3) is 0.462. The molecule has 1 rings (SSSR count). The predicted molar refractivity (Wildman–Crippen MR) is 74.5 cm³/mol. The molecule has 2 atom stereocenters. The quantitative estimate of drug-likeness (QED) is 0.748. The van der Waals surface area contributed by atoms with Gasteiger partial charge in [0.1, 0.15) is 5.54 Å². The summed E-state index contributed by atoms with van der Waals surface area (Å²) in [6.07, 6.45) is 2.35. The second kappa shape index (κ2) is 6.66. The van der Waals surface area contributed by atoms with Gasteiger partial charge < -0.3 is 11.1 Å². The summed E-state index contributed by atoms with van der Waals surface area (Å²) in [6.45, 7) is 2.19. The molecule has 0 bridgehead atoms. The monoisotopic (exact) mass is 268 g/mol. The second-order valence-corrected chi connectivity index (χ2v) is 6.01. The van der Waals surface area contributed by atoms with E-state index in [1.807, 2.05) is 30.3 Å². The molecule has 0 radical (unpaired) electrons. The van der Waals surface area contributed by atoms with Crippen LogP contribution in [0.5, 0.6) is 0 Å². The van der Waals surface area contributed by atoms with E-state index in [1.165, 1.54) is 0 Å². The summed E-state index contributed by atoms with van der Waals surface area (Å²) in [6, 6.07) is 9.26. The number of rotatable bonds is 6. The lowest BCUT2D eigenvalue weighted by Crippen LogP contribution is -2.49. The van der Waals surface area contributed by atoms with Crippen molar-refractivity contribution in [2.75, 3.05) is 18.6 Å². The van der Waals surface area contributed by atoms with Gasteiger partial charge in [-0.1, -0.05) is 30.3 Å². The van der Waals surface area contributed by atoms with Crippen LogP contribution in [0.4, 0.5) is 0 Å². The minimum atomic E-state index is -1.04. The molecule has 1 aromatic carbocycles. The van der Waals surface area contributed by atoms with Gasteiger partial charge in [-0.05, 0) is 18.9 Å². The molecule has 1 amide bonds. The van der Waals surface area contributed by atoms with Crippen LogP contribution in [-0.2, 0) is 21.1 Å². The van der Waals surface area contributed by atoms with Crippen molar-refractivity contribution in [3.8, 4) is 0 Å². The number of benzene rings is 1. The maximum atomic E-state index is 12.0. The van der Waals surface area contributed by atoms with Gasteiger partial charge in [0.25, 0.3) is 0 Å². The lowest BCUT2D eigenvalue weighted by atomic mass is 9.92. The summed E-state index contributed by atoms with van der Waals surface area (Å²) in [5, 5.41) is 2.78. The highest BCUT2D eigenvalue weighted by molar-refractivity contribution is 7.84. The number of amides is 1. The van der Waals surface area contributed by atoms with E-state index in [-0.39, 0.29) is 5.91 Å². The van der Waals surface area contributed by atoms with Gasteiger partial charge in [0.05, 0.1) is 0 Å². The second-order valence-electron chi connectivity index (χ2n) is 4.46. The Balaban J connectivity index is 2.52. The molecule has 0 saturated carbocycles. The summed E-state index contributed by atoms with van der Waals surface area (Å²) >= 11 is 0. The molecule has 0 aliphatic heterocycles. The molecule has 0 aromatic heterocycles. The zero-order chi connectivity index (χ0) is 13.6. The van der Waals surface area contributed by atoms with Crippen LogP contribution in [0.3, 0.4) is 0 Å². The van der Waals surface area contributed by atoms with Gasteiger partial charge in [-0.2, -0.15) is 0 Å². The Morgan fingerprint density at radius 3 is 2.56 bits per heavy atom. The van der Waals surface area contributed by atoms with E-state index in [9.17, 15) is 9.00 Å².